The Labute approximate surface area is 90.1 Å². The van der Waals surface area contributed by atoms with Gasteiger partial charge in [0.25, 0.3) is 5.56 Å². The summed E-state index contributed by atoms with van der Waals surface area (Å²) < 4.78 is 0. The molecule has 0 aliphatic carbocycles. The molecule has 0 fully saturated rings. The van der Waals surface area contributed by atoms with Gasteiger partial charge in [0.1, 0.15) is 5.82 Å². The second-order valence-corrected chi connectivity index (χ2v) is 3.45. The molecule has 0 aliphatic heterocycles. The topological polar surface area (TPSA) is 69.5 Å². The highest BCUT2D eigenvalue weighted by Crippen LogP contribution is 2.14. The molecule has 15 heavy (non-hydrogen) atoms. The fourth-order valence-corrected chi connectivity index (χ4v) is 1.49. The first-order valence-corrected chi connectivity index (χ1v) is 4.64. The Balaban J connectivity index is 2.74. The molecule has 0 aliphatic rings. The van der Waals surface area contributed by atoms with Crippen molar-refractivity contribution in [3.05, 3.63) is 39.4 Å². The van der Waals surface area contributed by atoms with Gasteiger partial charge >= 0.3 is 0 Å². The van der Waals surface area contributed by atoms with E-state index in [4.69, 9.17) is 16.9 Å². The van der Waals surface area contributed by atoms with Crippen LogP contribution < -0.4 is 5.56 Å². The molecular weight excluding hydrogens is 214 g/mol. The lowest BCUT2D eigenvalue weighted by Crippen LogP contribution is -2.11. The number of halogens is 1. The summed E-state index contributed by atoms with van der Waals surface area (Å²) in [6, 6.07) is 6.80. The predicted octanol–water partition coefficient (Wildman–Crippen LogP) is 1.64. The lowest BCUT2D eigenvalue weighted by molar-refractivity contribution is 1.00. The summed E-state index contributed by atoms with van der Waals surface area (Å²) in [4.78, 5) is 18.2. The highest BCUT2D eigenvalue weighted by molar-refractivity contribution is 6.31. The molecule has 1 N–H and O–H groups in total. The van der Waals surface area contributed by atoms with E-state index in [1.807, 2.05) is 6.07 Å². The summed E-state index contributed by atoms with van der Waals surface area (Å²) >= 11 is 5.76. The third-order valence-corrected chi connectivity index (χ3v) is 2.20. The Bertz CT molecular complexity index is 612. The average molecular weight is 220 g/mol. The molecule has 0 saturated carbocycles. The van der Waals surface area contributed by atoms with E-state index in [1.165, 1.54) is 0 Å². The zero-order valence-corrected chi connectivity index (χ0v) is 8.38. The summed E-state index contributed by atoms with van der Waals surface area (Å²) in [6.45, 7) is 0. The van der Waals surface area contributed by atoms with Gasteiger partial charge in [-0.3, -0.25) is 4.79 Å². The molecule has 0 bridgehead atoms. The van der Waals surface area contributed by atoms with Crippen molar-refractivity contribution in [3.63, 3.8) is 0 Å². The minimum absolute atomic E-state index is 0.0911. The first-order valence-electron chi connectivity index (χ1n) is 4.26. The maximum absolute atomic E-state index is 11.6. The number of nitriles is 1. The van der Waals surface area contributed by atoms with E-state index < -0.39 is 0 Å². The SMILES string of the molecule is N#CCc1nc2ccc(Cl)cc2c(=O)[nH]1. The van der Waals surface area contributed by atoms with Crippen LogP contribution in [-0.4, -0.2) is 9.97 Å². The van der Waals surface area contributed by atoms with Crippen molar-refractivity contribution < 1.29 is 0 Å². The van der Waals surface area contributed by atoms with Crippen molar-refractivity contribution in [3.8, 4) is 6.07 Å². The van der Waals surface area contributed by atoms with Gasteiger partial charge in [-0.1, -0.05) is 11.6 Å². The molecule has 2 rings (SSSR count). The van der Waals surface area contributed by atoms with Crippen molar-refractivity contribution in [1.29, 1.82) is 5.26 Å². The number of H-pyrrole nitrogens is 1. The smallest absolute Gasteiger partial charge is 0.258 e. The van der Waals surface area contributed by atoms with Crippen molar-refractivity contribution in [1.82, 2.24) is 9.97 Å². The van der Waals surface area contributed by atoms with Gasteiger partial charge in [-0.2, -0.15) is 5.26 Å². The standard InChI is InChI=1S/C10H6ClN3O/c11-6-1-2-8-7(5-6)10(15)14-9(13-8)3-4-12/h1-2,5H,3H2,(H,13,14,15). The fourth-order valence-electron chi connectivity index (χ4n) is 1.32. The Kier molecular flexibility index (Phi) is 2.40. The number of aromatic nitrogens is 2. The molecule has 0 saturated heterocycles. The van der Waals surface area contributed by atoms with Crippen molar-refractivity contribution in [2.45, 2.75) is 6.42 Å². The van der Waals surface area contributed by atoms with Crippen LogP contribution >= 0.6 is 11.6 Å². The highest BCUT2D eigenvalue weighted by atomic mass is 35.5. The molecule has 0 radical (unpaired) electrons. The lowest BCUT2D eigenvalue weighted by atomic mass is 10.2. The van der Waals surface area contributed by atoms with E-state index in [9.17, 15) is 4.79 Å². The van der Waals surface area contributed by atoms with Crippen LogP contribution in [-0.2, 0) is 6.42 Å². The second kappa shape index (κ2) is 3.71. The van der Waals surface area contributed by atoms with Gasteiger partial charge in [-0.05, 0) is 18.2 Å². The highest BCUT2D eigenvalue weighted by Gasteiger charge is 2.03. The maximum atomic E-state index is 11.6. The number of aromatic amines is 1. The number of nitrogens with one attached hydrogen (secondary N) is 1. The van der Waals surface area contributed by atoms with Crippen LogP contribution in [0.3, 0.4) is 0 Å². The number of rotatable bonds is 1. The van der Waals surface area contributed by atoms with Crippen molar-refractivity contribution in [2.75, 3.05) is 0 Å². The Hall–Kier alpha value is -1.86. The van der Waals surface area contributed by atoms with Crippen LogP contribution in [0.2, 0.25) is 5.02 Å². The summed E-state index contributed by atoms with van der Waals surface area (Å²) in [5.41, 5.74) is 0.279. The molecule has 1 heterocycles. The maximum Gasteiger partial charge on any atom is 0.258 e. The molecule has 1 aromatic heterocycles. The molecule has 4 nitrogen and oxygen atoms in total. The van der Waals surface area contributed by atoms with E-state index in [0.29, 0.717) is 21.7 Å². The third kappa shape index (κ3) is 1.83. The number of benzene rings is 1. The largest absolute Gasteiger partial charge is 0.309 e. The lowest BCUT2D eigenvalue weighted by Gasteiger charge is -1.99. The molecule has 1 aromatic carbocycles. The van der Waals surface area contributed by atoms with Crippen LogP contribution in [0.4, 0.5) is 0 Å². The van der Waals surface area contributed by atoms with E-state index in [0.717, 1.165) is 0 Å². The minimum Gasteiger partial charge on any atom is -0.309 e. The molecule has 0 atom stereocenters. The molecule has 5 heteroatoms. The second-order valence-electron chi connectivity index (χ2n) is 3.01. The number of fused-ring (bicyclic) bond motifs is 1. The minimum atomic E-state index is -0.271. The van der Waals surface area contributed by atoms with Crippen LogP contribution in [0.15, 0.2) is 23.0 Å². The van der Waals surface area contributed by atoms with E-state index in [2.05, 4.69) is 9.97 Å². The number of hydrogen-bond donors (Lipinski definition) is 1. The number of hydrogen-bond acceptors (Lipinski definition) is 3. The fraction of sp³-hybridized carbons (Fsp3) is 0.100. The molecule has 0 spiro atoms. The normalized spacial score (nSPS) is 10.1. The van der Waals surface area contributed by atoms with Crippen LogP contribution in [0, 0.1) is 11.3 Å². The molecule has 0 unspecified atom stereocenters. The van der Waals surface area contributed by atoms with Crippen LogP contribution in [0.5, 0.6) is 0 Å². The summed E-state index contributed by atoms with van der Waals surface area (Å²) in [5, 5.41) is 9.42. The van der Waals surface area contributed by atoms with Gasteiger partial charge in [-0.15, -0.1) is 0 Å². The summed E-state index contributed by atoms with van der Waals surface area (Å²) in [7, 11) is 0. The Morgan fingerprint density at radius 1 is 1.53 bits per heavy atom. The first kappa shape index (κ1) is 9.69. The zero-order chi connectivity index (χ0) is 10.8. The van der Waals surface area contributed by atoms with Gasteiger partial charge in [-0.25, -0.2) is 4.98 Å². The molecular formula is C10H6ClN3O. The van der Waals surface area contributed by atoms with E-state index in [-0.39, 0.29) is 12.0 Å². The van der Waals surface area contributed by atoms with E-state index >= 15 is 0 Å². The van der Waals surface area contributed by atoms with Crippen molar-refractivity contribution in [2.24, 2.45) is 0 Å². The van der Waals surface area contributed by atoms with Crippen LogP contribution in [0.1, 0.15) is 5.82 Å². The van der Waals surface area contributed by atoms with Gasteiger partial charge in [0.15, 0.2) is 0 Å². The van der Waals surface area contributed by atoms with Gasteiger partial charge in [0, 0.05) is 5.02 Å². The zero-order valence-electron chi connectivity index (χ0n) is 7.62. The third-order valence-electron chi connectivity index (χ3n) is 1.96. The van der Waals surface area contributed by atoms with Crippen molar-refractivity contribution >= 4 is 22.5 Å². The Morgan fingerprint density at radius 3 is 3.07 bits per heavy atom. The van der Waals surface area contributed by atoms with E-state index in [1.54, 1.807) is 18.2 Å². The molecule has 2 aromatic rings. The summed E-state index contributed by atoms with van der Waals surface area (Å²) in [5.74, 6) is 0.373. The van der Waals surface area contributed by atoms with Crippen LogP contribution in [0.25, 0.3) is 10.9 Å². The Morgan fingerprint density at radius 2 is 2.33 bits per heavy atom. The first-order chi connectivity index (χ1) is 7.20. The summed E-state index contributed by atoms with van der Waals surface area (Å²) in [6.07, 6.45) is 0.0911. The number of nitrogens with zero attached hydrogens (tertiary/aromatic N) is 2. The van der Waals surface area contributed by atoms with Gasteiger partial charge < -0.3 is 4.98 Å². The van der Waals surface area contributed by atoms with Gasteiger partial charge in [0.2, 0.25) is 0 Å². The molecule has 0 amide bonds. The quantitative estimate of drug-likeness (QED) is 0.793. The predicted molar refractivity (Wildman–Crippen MR) is 56.7 cm³/mol. The monoisotopic (exact) mass is 219 g/mol. The average Bonchev–Trinajstić information content (AvgIpc) is 2.20. The molecule has 74 valence electrons. The van der Waals surface area contributed by atoms with Gasteiger partial charge in [0.05, 0.1) is 23.4 Å².